The lowest BCUT2D eigenvalue weighted by Gasteiger charge is -2.27. The lowest BCUT2D eigenvalue weighted by atomic mass is 10.1. The smallest absolute Gasteiger partial charge is 0.372 e. The molecule has 0 aliphatic carbocycles. The fourth-order valence-corrected chi connectivity index (χ4v) is 2.69. The summed E-state index contributed by atoms with van der Waals surface area (Å²) in [7, 11) is 0. The number of nitrogens with one attached hydrogen (secondary N) is 1. The van der Waals surface area contributed by atoms with E-state index in [2.05, 4.69) is 10.4 Å². The van der Waals surface area contributed by atoms with E-state index in [0.29, 0.717) is 12.1 Å². The quantitative estimate of drug-likeness (QED) is 0.897. The summed E-state index contributed by atoms with van der Waals surface area (Å²) in [6.07, 6.45) is 3.64. The van der Waals surface area contributed by atoms with Gasteiger partial charge in [-0.05, 0) is 18.9 Å². The maximum atomic E-state index is 11.3. The van der Waals surface area contributed by atoms with Gasteiger partial charge >= 0.3 is 5.97 Å². The highest BCUT2D eigenvalue weighted by molar-refractivity contribution is 5.95. The highest BCUT2D eigenvalue weighted by Gasteiger charge is 2.20. The van der Waals surface area contributed by atoms with Crippen LogP contribution >= 0.6 is 0 Å². The first-order valence-corrected chi connectivity index (χ1v) is 6.98. The van der Waals surface area contributed by atoms with Crippen LogP contribution in [0.5, 0.6) is 0 Å². The zero-order valence-corrected chi connectivity index (χ0v) is 11.3. The van der Waals surface area contributed by atoms with Gasteiger partial charge in [0.25, 0.3) is 0 Å². The number of para-hydroxylation sites is 1. The Hall–Kier alpha value is -1.85. The molecule has 20 heavy (non-hydrogen) atoms. The molecule has 1 aromatic heterocycles. The molecular weight excluding hydrogens is 256 g/mol. The second-order valence-electron chi connectivity index (χ2n) is 5.09. The zero-order chi connectivity index (χ0) is 13.9. The van der Waals surface area contributed by atoms with Crippen molar-refractivity contribution in [3.05, 3.63) is 35.6 Å². The van der Waals surface area contributed by atoms with E-state index in [-0.39, 0.29) is 5.76 Å². The largest absolute Gasteiger partial charge is 0.475 e. The summed E-state index contributed by atoms with van der Waals surface area (Å²) in [5.41, 5.74) is 4.67. The Balaban J connectivity index is 1.84. The number of nitrogens with zero attached hydrogens (tertiary/aromatic N) is 1. The third kappa shape index (κ3) is 2.55. The Bertz CT molecular complexity index is 615. The van der Waals surface area contributed by atoms with Crippen molar-refractivity contribution < 1.29 is 14.3 Å². The average Bonchev–Trinajstić information content (AvgIpc) is 2.85. The molecule has 0 spiro atoms. The minimum atomic E-state index is -1.02. The Labute approximate surface area is 117 Å². The van der Waals surface area contributed by atoms with Crippen LogP contribution in [0.3, 0.4) is 0 Å². The molecule has 1 fully saturated rings. The number of carboxylic acid groups (broad SMARTS) is 1. The predicted molar refractivity (Wildman–Crippen MR) is 75.4 cm³/mol. The Morgan fingerprint density at radius 3 is 2.75 bits per heavy atom. The molecular formula is C15H18N2O3. The van der Waals surface area contributed by atoms with Crippen molar-refractivity contribution in [2.75, 3.05) is 13.1 Å². The average molecular weight is 274 g/mol. The van der Waals surface area contributed by atoms with Crippen molar-refractivity contribution in [3.63, 3.8) is 0 Å². The molecule has 2 heterocycles. The van der Waals surface area contributed by atoms with Crippen LogP contribution in [-0.2, 0) is 6.54 Å². The topological polar surface area (TPSA) is 65.7 Å². The molecule has 1 aliphatic rings. The highest BCUT2D eigenvalue weighted by Crippen LogP contribution is 2.26. The van der Waals surface area contributed by atoms with Crippen molar-refractivity contribution in [1.29, 1.82) is 0 Å². The van der Waals surface area contributed by atoms with Crippen molar-refractivity contribution >= 4 is 16.9 Å². The van der Waals surface area contributed by atoms with E-state index in [0.717, 1.165) is 24.0 Å². The standard InChI is InChI=1S/C15H18N2O3/c18-15(19)14-12(10-16-17-8-4-1-5-9-17)11-6-2-3-7-13(11)20-14/h2-3,6-7,16H,1,4-5,8-10H2,(H,18,19). The number of hydrazine groups is 1. The van der Waals surface area contributed by atoms with Crippen molar-refractivity contribution in [1.82, 2.24) is 10.4 Å². The summed E-state index contributed by atoms with van der Waals surface area (Å²) in [6.45, 7) is 2.51. The van der Waals surface area contributed by atoms with E-state index in [9.17, 15) is 9.90 Å². The maximum absolute atomic E-state index is 11.3. The van der Waals surface area contributed by atoms with Crippen molar-refractivity contribution in [2.45, 2.75) is 25.8 Å². The van der Waals surface area contributed by atoms with Gasteiger partial charge in [-0.2, -0.15) is 0 Å². The molecule has 0 amide bonds. The first-order valence-electron chi connectivity index (χ1n) is 6.98. The second kappa shape index (κ2) is 5.64. The molecule has 106 valence electrons. The third-order valence-corrected chi connectivity index (χ3v) is 3.73. The minimum Gasteiger partial charge on any atom is -0.475 e. The van der Waals surface area contributed by atoms with Gasteiger partial charge in [0.15, 0.2) is 0 Å². The molecule has 0 bridgehead atoms. The number of carbonyl (C=O) groups is 1. The van der Waals surface area contributed by atoms with Crippen LogP contribution in [0.1, 0.15) is 35.4 Å². The fraction of sp³-hybridized carbons (Fsp3) is 0.400. The van der Waals surface area contributed by atoms with Gasteiger partial charge in [0.05, 0.1) is 0 Å². The molecule has 1 aromatic carbocycles. The number of piperidine rings is 1. The molecule has 3 rings (SSSR count). The van der Waals surface area contributed by atoms with Crippen molar-refractivity contribution in [2.24, 2.45) is 0 Å². The highest BCUT2D eigenvalue weighted by atomic mass is 16.4. The van der Waals surface area contributed by atoms with Gasteiger partial charge in [-0.25, -0.2) is 9.80 Å². The van der Waals surface area contributed by atoms with Crippen LogP contribution in [0.4, 0.5) is 0 Å². The minimum absolute atomic E-state index is 0.0377. The van der Waals surface area contributed by atoms with Crippen LogP contribution in [-0.4, -0.2) is 29.2 Å². The summed E-state index contributed by atoms with van der Waals surface area (Å²) >= 11 is 0. The fourth-order valence-electron chi connectivity index (χ4n) is 2.69. The van der Waals surface area contributed by atoms with Gasteiger partial charge in [-0.15, -0.1) is 0 Å². The van der Waals surface area contributed by atoms with E-state index >= 15 is 0 Å². The summed E-state index contributed by atoms with van der Waals surface area (Å²) in [5, 5.41) is 12.3. The molecule has 2 N–H and O–H groups in total. The molecule has 5 nitrogen and oxygen atoms in total. The number of hydrogen-bond acceptors (Lipinski definition) is 4. The van der Waals surface area contributed by atoms with Gasteiger partial charge < -0.3 is 9.52 Å². The first kappa shape index (κ1) is 13.1. The lowest BCUT2D eigenvalue weighted by Crippen LogP contribution is -2.41. The number of aromatic carboxylic acids is 1. The van der Waals surface area contributed by atoms with Crippen LogP contribution in [0.15, 0.2) is 28.7 Å². The molecule has 2 aromatic rings. The number of carboxylic acids is 1. The molecule has 1 aliphatic heterocycles. The molecule has 0 unspecified atom stereocenters. The number of hydrogen-bond donors (Lipinski definition) is 2. The summed E-state index contributed by atoms with van der Waals surface area (Å²) < 4.78 is 5.44. The lowest BCUT2D eigenvalue weighted by molar-refractivity contribution is 0.0661. The first-order chi connectivity index (χ1) is 9.75. The number of furan rings is 1. The van der Waals surface area contributed by atoms with E-state index < -0.39 is 5.97 Å². The van der Waals surface area contributed by atoms with E-state index in [1.165, 1.54) is 19.3 Å². The van der Waals surface area contributed by atoms with Crippen LogP contribution in [0.2, 0.25) is 0 Å². The molecule has 0 saturated carbocycles. The van der Waals surface area contributed by atoms with Crippen LogP contribution in [0, 0.1) is 0 Å². The monoisotopic (exact) mass is 274 g/mol. The number of rotatable bonds is 4. The van der Waals surface area contributed by atoms with Gasteiger partial charge in [-0.1, -0.05) is 24.6 Å². The second-order valence-corrected chi connectivity index (χ2v) is 5.09. The Morgan fingerprint density at radius 2 is 2.00 bits per heavy atom. The van der Waals surface area contributed by atoms with Gasteiger partial charge in [0.1, 0.15) is 5.58 Å². The van der Waals surface area contributed by atoms with Crippen LogP contribution < -0.4 is 5.43 Å². The summed E-state index contributed by atoms with van der Waals surface area (Å²) in [5.74, 6) is -0.979. The predicted octanol–water partition coefficient (Wildman–Crippen LogP) is 2.62. The molecule has 0 atom stereocenters. The summed E-state index contributed by atoms with van der Waals surface area (Å²) in [6, 6.07) is 7.44. The SMILES string of the molecule is O=C(O)c1oc2ccccc2c1CNN1CCCCC1. The number of benzene rings is 1. The maximum Gasteiger partial charge on any atom is 0.372 e. The Kier molecular flexibility index (Phi) is 3.71. The molecule has 5 heteroatoms. The van der Waals surface area contributed by atoms with Crippen molar-refractivity contribution in [3.8, 4) is 0 Å². The third-order valence-electron chi connectivity index (χ3n) is 3.73. The molecule has 0 radical (unpaired) electrons. The van der Waals surface area contributed by atoms with E-state index in [1.807, 2.05) is 18.2 Å². The van der Waals surface area contributed by atoms with Gasteiger partial charge in [0.2, 0.25) is 5.76 Å². The Morgan fingerprint density at radius 1 is 1.25 bits per heavy atom. The number of fused-ring (bicyclic) bond motifs is 1. The summed E-state index contributed by atoms with van der Waals surface area (Å²) in [4.78, 5) is 11.3. The van der Waals surface area contributed by atoms with E-state index in [1.54, 1.807) is 6.07 Å². The molecule has 1 saturated heterocycles. The van der Waals surface area contributed by atoms with Gasteiger partial charge in [0, 0.05) is 30.6 Å². The zero-order valence-electron chi connectivity index (χ0n) is 11.3. The van der Waals surface area contributed by atoms with E-state index in [4.69, 9.17) is 4.42 Å². The van der Waals surface area contributed by atoms with Crippen LogP contribution in [0.25, 0.3) is 11.0 Å². The van der Waals surface area contributed by atoms with Gasteiger partial charge in [-0.3, -0.25) is 5.43 Å². The normalized spacial score (nSPS) is 16.6.